The van der Waals surface area contributed by atoms with E-state index in [0.717, 1.165) is 103 Å². The van der Waals surface area contributed by atoms with Crippen molar-refractivity contribution in [3.8, 4) is 0 Å². The van der Waals surface area contributed by atoms with Crippen LogP contribution in [0.15, 0.2) is 0 Å². The number of esters is 4. The van der Waals surface area contributed by atoms with E-state index in [2.05, 4.69) is 27.7 Å². The minimum atomic E-state index is -4.96. The second-order valence-electron chi connectivity index (χ2n) is 27.7. The molecule has 0 spiro atoms. The molecule has 19 heteroatoms. The minimum Gasteiger partial charge on any atom is -0.462 e. The lowest BCUT2D eigenvalue weighted by molar-refractivity contribution is -0.161. The van der Waals surface area contributed by atoms with Crippen LogP contribution in [0.2, 0.25) is 0 Å². The Morgan fingerprint density at radius 3 is 0.615 bits per heavy atom. The largest absolute Gasteiger partial charge is 0.472 e. The summed E-state index contributed by atoms with van der Waals surface area (Å²) in [6, 6.07) is 0. The van der Waals surface area contributed by atoms with E-state index in [9.17, 15) is 43.2 Å². The van der Waals surface area contributed by atoms with Gasteiger partial charge in [-0.05, 0) is 25.7 Å². The van der Waals surface area contributed by atoms with Gasteiger partial charge in [0.05, 0.1) is 26.4 Å². The van der Waals surface area contributed by atoms with Gasteiger partial charge in [0.15, 0.2) is 12.2 Å². The third-order valence-corrected chi connectivity index (χ3v) is 20.0. The molecular formula is C77H150O17P2. The highest BCUT2D eigenvalue weighted by Crippen LogP contribution is 2.45. The minimum absolute atomic E-state index is 0.105. The second kappa shape index (κ2) is 71.5. The highest BCUT2D eigenvalue weighted by molar-refractivity contribution is 7.47. The van der Waals surface area contributed by atoms with Crippen LogP contribution in [-0.4, -0.2) is 96.7 Å². The normalized spacial score (nSPS) is 13.9. The molecular weight excluding hydrogens is 1260 g/mol. The van der Waals surface area contributed by atoms with E-state index in [-0.39, 0.29) is 25.7 Å². The number of aliphatic hydroxyl groups excluding tert-OH is 1. The maximum atomic E-state index is 13.1. The summed E-state index contributed by atoms with van der Waals surface area (Å²) in [4.78, 5) is 72.6. The average molecular weight is 1410 g/mol. The Balaban J connectivity index is 5.12. The SMILES string of the molecule is CCCCCCCCCCCCCCCCCCCCCCCC(=O)O[C@H](COC(=O)CCCCCCCCCCCCCCCCCCCCC)COP(=O)(O)OC[C@@H](O)COP(=O)(O)OC[C@@H](COC(=O)CCCCCCCCCC)OC(=O)CCCCCCCCCC. The lowest BCUT2D eigenvalue weighted by atomic mass is 10.0. The molecule has 0 heterocycles. The van der Waals surface area contributed by atoms with Crippen LogP contribution in [0.5, 0.6) is 0 Å². The first-order valence-electron chi connectivity index (χ1n) is 40.3. The summed E-state index contributed by atoms with van der Waals surface area (Å²) < 4.78 is 68.3. The Hall–Kier alpha value is -1.94. The molecule has 0 saturated carbocycles. The van der Waals surface area contributed by atoms with Gasteiger partial charge in [0.25, 0.3) is 0 Å². The van der Waals surface area contributed by atoms with Gasteiger partial charge in [-0.15, -0.1) is 0 Å². The first-order valence-corrected chi connectivity index (χ1v) is 43.3. The third-order valence-electron chi connectivity index (χ3n) is 18.1. The van der Waals surface area contributed by atoms with E-state index < -0.39 is 97.5 Å². The number of ether oxygens (including phenoxy) is 4. The molecule has 0 saturated heterocycles. The molecule has 0 amide bonds. The Morgan fingerprint density at radius 2 is 0.417 bits per heavy atom. The summed E-state index contributed by atoms with van der Waals surface area (Å²) in [5.74, 6) is -2.12. The van der Waals surface area contributed by atoms with Crippen molar-refractivity contribution in [3.05, 3.63) is 0 Å². The van der Waals surface area contributed by atoms with Crippen LogP contribution >= 0.6 is 15.6 Å². The van der Waals surface area contributed by atoms with Crippen LogP contribution in [0, 0.1) is 0 Å². The zero-order chi connectivity index (χ0) is 70.4. The van der Waals surface area contributed by atoms with Crippen molar-refractivity contribution in [2.45, 2.75) is 431 Å². The predicted octanol–water partition coefficient (Wildman–Crippen LogP) is 23.0. The lowest BCUT2D eigenvalue weighted by Gasteiger charge is -2.21. The fourth-order valence-corrected chi connectivity index (χ4v) is 13.5. The number of phosphoric acid groups is 2. The number of carbonyl (C=O) groups is 4. The Kier molecular flexibility index (Phi) is 70.0. The molecule has 0 radical (unpaired) electrons. The highest BCUT2D eigenvalue weighted by Gasteiger charge is 2.30. The summed E-state index contributed by atoms with van der Waals surface area (Å²) in [7, 11) is -9.90. The van der Waals surface area contributed by atoms with Gasteiger partial charge in [-0.2, -0.15) is 0 Å². The van der Waals surface area contributed by atoms with Gasteiger partial charge in [0.1, 0.15) is 19.3 Å². The molecule has 5 atom stereocenters. The van der Waals surface area contributed by atoms with Crippen LogP contribution in [-0.2, 0) is 65.4 Å². The van der Waals surface area contributed by atoms with Crippen molar-refractivity contribution in [1.29, 1.82) is 0 Å². The molecule has 96 heavy (non-hydrogen) atoms. The number of aliphatic hydroxyl groups is 1. The Morgan fingerprint density at radius 1 is 0.250 bits per heavy atom. The van der Waals surface area contributed by atoms with Gasteiger partial charge in [-0.1, -0.05) is 362 Å². The first kappa shape index (κ1) is 94.1. The van der Waals surface area contributed by atoms with Gasteiger partial charge in [0, 0.05) is 25.7 Å². The van der Waals surface area contributed by atoms with Gasteiger partial charge < -0.3 is 33.8 Å². The van der Waals surface area contributed by atoms with Crippen LogP contribution in [0.1, 0.15) is 413 Å². The fourth-order valence-electron chi connectivity index (χ4n) is 11.9. The van der Waals surface area contributed by atoms with E-state index in [1.165, 1.54) is 231 Å². The molecule has 0 aliphatic rings. The van der Waals surface area contributed by atoms with E-state index in [4.69, 9.17) is 37.0 Å². The average Bonchev–Trinajstić information content (AvgIpc) is 1.23. The Labute approximate surface area is 588 Å². The van der Waals surface area contributed by atoms with Gasteiger partial charge >= 0.3 is 39.5 Å². The standard InChI is InChI=1S/C77H150O17P2/c1-5-9-13-17-21-25-27-29-31-33-35-36-38-40-42-44-46-48-52-56-60-64-77(82)94-73(68-88-75(80)62-58-54-51-47-45-43-41-39-37-34-32-30-28-26-22-18-14-10-6-2)70-92-96(85,86)90-66-71(78)65-89-95(83,84)91-69-72(93-76(81)63-59-55-50-24-20-16-12-8-4)67-87-74(79)61-57-53-49-23-19-15-11-7-3/h71-73,78H,5-70H2,1-4H3,(H,83,84)(H,85,86)/t71-,72+,73+/m0/s1. The maximum absolute atomic E-state index is 13.1. The molecule has 0 fully saturated rings. The highest BCUT2D eigenvalue weighted by atomic mass is 31.2. The molecule has 2 unspecified atom stereocenters. The zero-order valence-corrected chi connectivity index (χ0v) is 64.1. The molecule has 0 rings (SSSR count). The van der Waals surface area contributed by atoms with Crippen molar-refractivity contribution < 1.29 is 80.2 Å². The molecule has 0 aliphatic carbocycles. The molecule has 0 aromatic rings. The van der Waals surface area contributed by atoms with Crippen molar-refractivity contribution in [2.24, 2.45) is 0 Å². The van der Waals surface area contributed by atoms with Crippen LogP contribution in [0.4, 0.5) is 0 Å². The summed E-state index contributed by atoms with van der Waals surface area (Å²) in [5, 5.41) is 10.6. The van der Waals surface area contributed by atoms with Gasteiger partial charge in [-0.25, -0.2) is 9.13 Å². The molecule has 17 nitrogen and oxygen atoms in total. The van der Waals surface area contributed by atoms with E-state index >= 15 is 0 Å². The van der Waals surface area contributed by atoms with Crippen LogP contribution in [0.3, 0.4) is 0 Å². The topological polar surface area (TPSA) is 237 Å². The smallest absolute Gasteiger partial charge is 0.462 e. The van der Waals surface area contributed by atoms with Crippen molar-refractivity contribution in [3.63, 3.8) is 0 Å². The summed E-state index contributed by atoms with van der Waals surface area (Å²) >= 11 is 0. The van der Waals surface area contributed by atoms with Crippen LogP contribution < -0.4 is 0 Å². The molecule has 0 bridgehead atoms. The summed E-state index contributed by atoms with van der Waals surface area (Å²) in [5.41, 5.74) is 0. The fraction of sp³-hybridized carbons (Fsp3) is 0.948. The van der Waals surface area contributed by atoms with Gasteiger partial charge in [0.2, 0.25) is 0 Å². The third kappa shape index (κ3) is 70.5. The van der Waals surface area contributed by atoms with Crippen molar-refractivity contribution >= 4 is 39.5 Å². The number of hydrogen-bond acceptors (Lipinski definition) is 15. The summed E-state index contributed by atoms with van der Waals surface area (Å²) in [6.45, 7) is 4.93. The van der Waals surface area contributed by atoms with E-state index in [0.29, 0.717) is 25.7 Å². The van der Waals surface area contributed by atoms with E-state index in [1.807, 2.05) is 0 Å². The van der Waals surface area contributed by atoms with E-state index in [1.54, 1.807) is 0 Å². The molecule has 0 aromatic heterocycles. The maximum Gasteiger partial charge on any atom is 0.472 e. The quantitative estimate of drug-likeness (QED) is 0.0222. The van der Waals surface area contributed by atoms with Gasteiger partial charge in [-0.3, -0.25) is 37.3 Å². The monoisotopic (exact) mass is 1410 g/mol. The van der Waals surface area contributed by atoms with Crippen molar-refractivity contribution in [1.82, 2.24) is 0 Å². The van der Waals surface area contributed by atoms with Crippen LogP contribution in [0.25, 0.3) is 0 Å². The molecule has 570 valence electrons. The number of unbranched alkanes of at least 4 members (excludes halogenated alkanes) is 52. The predicted molar refractivity (Wildman–Crippen MR) is 391 cm³/mol. The second-order valence-corrected chi connectivity index (χ2v) is 30.7. The molecule has 0 aliphatic heterocycles. The number of hydrogen-bond donors (Lipinski definition) is 3. The van der Waals surface area contributed by atoms with Crippen molar-refractivity contribution in [2.75, 3.05) is 39.6 Å². The number of rotatable bonds is 78. The number of phosphoric ester groups is 2. The molecule has 3 N–H and O–H groups in total. The summed E-state index contributed by atoms with van der Waals surface area (Å²) in [6.07, 6.45) is 62.8. The number of carbonyl (C=O) groups excluding carboxylic acids is 4. The molecule has 0 aromatic carbocycles. The first-order chi connectivity index (χ1) is 46.7. The zero-order valence-electron chi connectivity index (χ0n) is 62.4. The lowest BCUT2D eigenvalue weighted by Crippen LogP contribution is -2.30. The Bertz CT molecular complexity index is 1830.